The van der Waals surface area contributed by atoms with Gasteiger partial charge in [0.2, 0.25) is 11.8 Å². The van der Waals surface area contributed by atoms with Crippen LogP contribution in [0.15, 0.2) is 61.2 Å². The van der Waals surface area contributed by atoms with E-state index in [0.29, 0.717) is 30.8 Å². The molecule has 0 aliphatic carbocycles. The molecule has 2 amide bonds. The average Bonchev–Trinajstić information content (AvgIpc) is 2.85. The fourth-order valence-corrected chi connectivity index (χ4v) is 4.04. The highest BCUT2D eigenvalue weighted by Crippen LogP contribution is 2.28. The van der Waals surface area contributed by atoms with Gasteiger partial charge in [-0.2, -0.15) is 0 Å². The second-order valence-corrected chi connectivity index (χ2v) is 8.27. The van der Waals surface area contributed by atoms with Gasteiger partial charge in [0.15, 0.2) is 0 Å². The minimum atomic E-state index is -0.389. The van der Waals surface area contributed by atoms with Crippen molar-refractivity contribution in [3.05, 3.63) is 72.3 Å². The van der Waals surface area contributed by atoms with Crippen LogP contribution in [0.1, 0.15) is 11.1 Å². The monoisotopic (exact) mass is 479 g/mol. The number of piperazine rings is 1. The van der Waals surface area contributed by atoms with Gasteiger partial charge in [-0.3, -0.25) is 14.9 Å². The number of amides is 2. The molecule has 1 aliphatic heterocycles. The Morgan fingerprint density at radius 2 is 1.97 bits per heavy atom. The zero-order valence-corrected chi connectivity index (χ0v) is 19.7. The summed E-state index contributed by atoms with van der Waals surface area (Å²) < 4.78 is 0. The molecule has 35 heavy (non-hydrogen) atoms. The third kappa shape index (κ3) is 6.89. The molecule has 1 heterocycles. The number of benzene rings is 2. The van der Waals surface area contributed by atoms with Crippen molar-refractivity contribution >= 4 is 29.5 Å². The first kappa shape index (κ1) is 25.9. The first-order valence-corrected chi connectivity index (χ1v) is 11.4. The van der Waals surface area contributed by atoms with Crippen LogP contribution in [0, 0.1) is 0 Å². The molecule has 0 bridgehead atoms. The van der Waals surface area contributed by atoms with E-state index in [-0.39, 0.29) is 50.7 Å². The molecular weight excluding hydrogens is 446 g/mol. The molecule has 1 atom stereocenters. The van der Waals surface area contributed by atoms with Gasteiger partial charge in [0.05, 0.1) is 31.0 Å². The van der Waals surface area contributed by atoms with Gasteiger partial charge in [-0.05, 0) is 17.2 Å². The molecule has 0 spiro atoms. The number of hydrogen-bond donors (Lipinski definition) is 4. The number of hydrazine groups is 1. The lowest BCUT2D eigenvalue weighted by Gasteiger charge is -2.42. The number of nitrogens with one attached hydrogen (secondary N) is 2. The summed E-state index contributed by atoms with van der Waals surface area (Å²) in [7, 11) is 0. The molecule has 0 saturated carbocycles. The quantitative estimate of drug-likeness (QED) is 0.0847. The molecule has 1 aliphatic rings. The molecule has 10 nitrogen and oxygen atoms in total. The van der Waals surface area contributed by atoms with Crippen molar-refractivity contribution in [3.8, 4) is 0 Å². The average molecular weight is 480 g/mol. The van der Waals surface area contributed by atoms with E-state index in [4.69, 9.17) is 11.6 Å². The molecule has 0 aromatic heterocycles. The Labute approximate surface area is 205 Å². The van der Waals surface area contributed by atoms with Crippen LogP contribution in [0.4, 0.5) is 11.4 Å². The molecule has 186 valence electrons. The summed E-state index contributed by atoms with van der Waals surface area (Å²) in [6, 6.07) is 15.2. The standard InChI is InChI=1S/C25H33N7O3/c1-2-11-28-15-23(34)31-18-24(35)30(17-22(31)29-14-19-7-4-3-5-8-19)16-20-9-6-10-21(26)25(20)32(27)12-13-33/h2-10,13,22,28-29H,1,11-12,14-18,26-27H2. The van der Waals surface area contributed by atoms with E-state index >= 15 is 0 Å². The highest BCUT2D eigenvalue weighted by Gasteiger charge is 2.35. The lowest BCUT2D eigenvalue weighted by Crippen LogP contribution is -2.63. The van der Waals surface area contributed by atoms with Gasteiger partial charge in [0, 0.05) is 19.6 Å². The topological polar surface area (TPSA) is 137 Å². The van der Waals surface area contributed by atoms with Gasteiger partial charge in [-0.1, -0.05) is 48.5 Å². The van der Waals surface area contributed by atoms with Crippen molar-refractivity contribution in [3.63, 3.8) is 0 Å². The number of nitrogens with two attached hydrogens (primary N) is 2. The van der Waals surface area contributed by atoms with E-state index in [0.717, 1.165) is 11.1 Å². The predicted octanol–water partition coefficient (Wildman–Crippen LogP) is 0.210. The third-order valence-electron chi connectivity index (χ3n) is 5.77. The Morgan fingerprint density at radius 1 is 1.20 bits per heavy atom. The highest BCUT2D eigenvalue weighted by atomic mass is 16.2. The smallest absolute Gasteiger partial charge is 0.242 e. The number of carbonyl (C=O) groups excluding carboxylic acids is 3. The van der Waals surface area contributed by atoms with Crippen LogP contribution in [0.2, 0.25) is 0 Å². The first-order chi connectivity index (χ1) is 16.9. The van der Waals surface area contributed by atoms with Crippen molar-refractivity contribution in [2.24, 2.45) is 5.84 Å². The predicted molar refractivity (Wildman–Crippen MR) is 136 cm³/mol. The van der Waals surface area contributed by atoms with Gasteiger partial charge < -0.3 is 30.7 Å². The second kappa shape index (κ2) is 12.7. The Bertz CT molecular complexity index is 1030. The molecule has 1 unspecified atom stereocenters. The van der Waals surface area contributed by atoms with Crippen LogP contribution in [0.25, 0.3) is 0 Å². The van der Waals surface area contributed by atoms with Crippen LogP contribution in [-0.2, 0) is 27.5 Å². The number of nitrogen functional groups attached to an aromatic ring is 1. The lowest BCUT2D eigenvalue weighted by molar-refractivity contribution is -0.150. The number of rotatable bonds is 12. The molecule has 2 aromatic carbocycles. The van der Waals surface area contributed by atoms with E-state index in [1.807, 2.05) is 36.4 Å². The largest absolute Gasteiger partial charge is 0.397 e. The van der Waals surface area contributed by atoms with E-state index in [9.17, 15) is 14.4 Å². The number of nitrogens with zero attached hydrogens (tertiary/aromatic N) is 3. The van der Waals surface area contributed by atoms with Crippen molar-refractivity contribution in [2.75, 3.05) is 43.5 Å². The summed E-state index contributed by atoms with van der Waals surface area (Å²) in [6.07, 6.45) is 1.98. The van der Waals surface area contributed by atoms with Crippen molar-refractivity contribution in [2.45, 2.75) is 19.3 Å². The molecule has 2 aromatic rings. The summed E-state index contributed by atoms with van der Waals surface area (Å²) in [5.41, 5.74) is 8.84. The van der Waals surface area contributed by atoms with E-state index < -0.39 is 0 Å². The van der Waals surface area contributed by atoms with Gasteiger partial charge in [0.25, 0.3) is 0 Å². The maximum atomic E-state index is 13.1. The maximum Gasteiger partial charge on any atom is 0.242 e. The molecule has 6 N–H and O–H groups in total. The van der Waals surface area contributed by atoms with Crippen LogP contribution < -0.4 is 27.2 Å². The fourth-order valence-electron chi connectivity index (χ4n) is 4.04. The van der Waals surface area contributed by atoms with Crippen molar-refractivity contribution < 1.29 is 14.4 Å². The zero-order chi connectivity index (χ0) is 25.2. The van der Waals surface area contributed by atoms with Crippen molar-refractivity contribution in [1.29, 1.82) is 0 Å². The third-order valence-corrected chi connectivity index (χ3v) is 5.77. The second-order valence-electron chi connectivity index (χ2n) is 8.27. The van der Waals surface area contributed by atoms with Gasteiger partial charge in [0.1, 0.15) is 19.0 Å². The maximum absolute atomic E-state index is 13.1. The minimum Gasteiger partial charge on any atom is -0.397 e. The molecule has 0 radical (unpaired) electrons. The summed E-state index contributed by atoms with van der Waals surface area (Å²) in [5.74, 6) is 5.69. The van der Waals surface area contributed by atoms with Crippen LogP contribution in [0.3, 0.4) is 0 Å². The molecule has 3 rings (SSSR count). The Hall–Kier alpha value is -3.73. The summed E-state index contributed by atoms with van der Waals surface area (Å²) in [5, 5.41) is 7.70. The lowest BCUT2D eigenvalue weighted by atomic mass is 10.1. The Morgan fingerprint density at radius 3 is 2.69 bits per heavy atom. The number of para-hydroxylation sites is 1. The summed E-state index contributed by atoms with van der Waals surface area (Å²) in [4.78, 5) is 40.2. The Balaban J connectivity index is 1.79. The van der Waals surface area contributed by atoms with Crippen LogP contribution in [0.5, 0.6) is 0 Å². The molecule has 10 heteroatoms. The summed E-state index contributed by atoms with van der Waals surface area (Å²) in [6.45, 7) is 5.23. The molecule has 1 saturated heterocycles. The van der Waals surface area contributed by atoms with Crippen molar-refractivity contribution in [1.82, 2.24) is 20.4 Å². The Kier molecular flexibility index (Phi) is 9.36. The molecular formula is C25H33N7O3. The zero-order valence-electron chi connectivity index (χ0n) is 19.7. The number of aldehydes is 1. The van der Waals surface area contributed by atoms with E-state index in [1.54, 1.807) is 28.0 Å². The van der Waals surface area contributed by atoms with E-state index in [2.05, 4.69) is 17.2 Å². The normalized spacial score (nSPS) is 15.7. The minimum absolute atomic E-state index is 0.0313. The number of hydrogen-bond acceptors (Lipinski definition) is 8. The number of carbonyl (C=O) groups is 3. The SMILES string of the molecule is C=CCNCC(=O)N1CC(=O)N(Cc2cccc(N)c2N(N)CC=O)CC1NCc1ccccc1. The summed E-state index contributed by atoms with van der Waals surface area (Å²) >= 11 is 0. The van der Waals surface area contributed by atoms with Gasteiger partial charge in [-0.25, -0.2) is 5.84 Å². The van der Waals surface area contributed by atoms with Gasteiger partial charge >= 0.3 is 0 Å². The van der Waals surface area contributed by atoms with Crippen LogP contribution >= 0.6 is 0 Å². The first-order valence-electron chi connectivity index (χ1n) is 11.4. The van der Waals surface area contributed by atoms with Gasteiger partial charge in [-0.15, -0.1) is 6.58 Å². The fraction of sp³-hybridized carbons (Fsp3) is 0.320. The van der Waals surface area contributed by atoms with E-state index in [1.165, 1.54) is 5.01 Å². The molecule has 1 fully saturated rings. The van der Waals surface area contributed by atoms with Crippen LogP contribution in [-0.4, -0.2) is 66.8 Å². The highest BCUT2D eigenvalue weighted by molar-refractivity contribution is 5.87. The number of anilines is 2.